The number of ether oxygens (including phenoxy) is 2. The Morgan fingerprint density at radius 2 is 1.36 bits per heavy atom. The summed E-state index contributed by atoms with van der Waals surface area (Å²) in [6.07, 6.45) is 10.6. The molecule has 0 aromatic carbocycles. The van der Waals surface area contributed by atoms with Crippen molar-refractivity contribution in [2.45, 2.75) is 91.5 Å². The van der Waals surface area contributed by atoms with Gasteiger partial charge in [0.15, 0.2) is 0 Å². The van der Waals surface area contributed by atoms with Crippen LogP contribution in [0, 0.1) is 5.92 Å². The molecular weight excluding hydrogens is 318 g/mol. The Hall–Kier alpha value is -1.26. The van der Waals surface area contributed by atoms with Gasteiger partial charge in [-0.15, -0.1) is 0 Å². The van der Waals surface area contributed by atoms with Gasteiger partial charge in [0.2, 0.25) is 0 Å². The van der Waals surface area contributed by atoms with Crippen molar-refractivity contribution < 1.29 is 19.1 Å². The Morgan fingerprint density at radius 3 is 1.88 bits per heavy atom. The number of amides is 1. The fraction of sp³-hybridized carbons (Fsp3) is 0.900. The molecule has 0 saturated heterocycles. The molecule has 0 spiro atoms. The van der Waals surface area contributed by atoms with Gasteiger partial charge in [-0.3, -0.25) is 4.90 Å². The summed E-state index contributed by atoms with van der Waals surface area (Å²) in [7, 11) is 1.56. The highest BCUT2D eigenvalue weighted by Gasteiger charge is 2.24. The highest BCUT2D eigenvalue weighted by molar-refractivity contribution is 5.80. The van der Waals surface area contributed by atoms with E-state index >= 15 is 0 Å². The van der Waals surface area contributed by atoms with Crippen molar-refractivity contribution in [2.75, 3.05) is 20.3 Å². The second kappa shape index (κ2) is 15.0. The van der Waals surface area contributed by atoms with E-state index in [1.807, 2.05) is 13.8 Å². The third kappa shape index (κ3) is 12.7. The van der Waals surface area contributed by atoms with Gasteiger partial charge in [0.25, 0.3) is 0 Å². The Morgan fingerprint density at radius 1 is 0.840 bits per heavy atom. The lowest BCUT2D eigenvalue weighted by Gasteiger charge is -2.23. The van der Waals surface area contributed by atoms with Gasteiger partial charge in [-0.05, 0) is 19.3 Å². The van der Waals surface area contributed by atoms with E-state index < -0.39 is 12.1 Å². The molecule has 0 saturated carbocycles. The Bertz CT molecular complexity index is 358. The largest absolute Gasteiger partial charge is 0.464 e. The zero-order valence-electron chi connectivity index (χ0n) is 17.0. The molecule has 0 heterocycles. The molecule has 0 aromatic rings. The average molecular weight is 358 g/mol. The van der Waals surface area contributed by atoms with E-state index in [9.17, 15) is 9.59 Å². The van der Waals surface area contributed by atoms with Crippen molar-refractivity contribution in [1.29, 1.82) is 0 Å². The van der Waals surface area contributed by atoms with Gasteiger partial charge >= 0.3 is 12.1 Å². The summed E-state index contributed by atoms with van der Waals surface area (Å²) in [5, 5.41) is 0. The molecule has 0 N–H and O–H groups in total. The van der Waals surface area contributed by atoms with Gasteiger partial charge in [0, 0.05) is 7.05 Å². The van der Waals surface area contributed by atoms with Crippen molar-refractivity contribution in [2.24, 2.45) is 5.92 Å². The summed E-state index contributed by atoms with van der Waals surface area (Å²) in [4.78, 5) is 25.1. The van der Waals surface area contributed by atoms with Gasteiger partial charge in [-0.2, -0.15) is 0 Å². The normalized spacial score (nSPS) is 12.1. The van der Waals surface area contributed by atoms with Crippen LogP contribution in [0.3, 0.4) is 0 Å². The minimum absolute atomic E-state index is 0.270. The van der Waals surface area contributed by atoms with Gasteiger partial charge in [0.05, 0.1) is 13.2 Å². The molecule has 25 heavy (non-hydrogen) atoms. The summed E-state index contributed by atoms with van der Waals surface area (Å²) in [6, 6.07) is -0.627. The van der Waals surface area contributed by atoms with Crippen molar-refractivity contribution in [3.8, 4) is 0 Å². The minimum Gasteiger partial charge on any atom is -0.464 e. The fourth-order valence-corrected chi connectivity index (χ4v) is 2.36. The molecule has 1 unspecified atom stereocenters. The van der Waals surface area contributed by atoms with Gasteiger partial charge in [-0.1, -0.05) is 72.1 Å². The number of unbranched alkanes of at least 4 members (excludes halogenated alkanes) is 8. The van der Waals surface area contributed by atoms with Crippen molar-refractivity contribution in [3.63, 3.8) is 0 Å². The third-order valence-electron chi connectivity index (χ3n) is 4.24. The Kier molecular flexibility index (Phi) is 14.3. The van der Waals surface area contributed by atoms with Crippen LogP contribution in [0.5, 0.6) is 0 Å². The van der Waals surface area contributed by atoms with Crippen LogP contribution in [0.2, 0.25) is 0 Å². The SMILES string of the molecule is CCCCCCCCCCCOC(=O)C(C)N(C)C(=O)OCC(C)C. The van der Waals surface area contributed by atoms with Crippen LogP contribution in [-0.4, -0.2) is 43.3 Å². The molecule has 1 amide bonds. The van der Waals surface area contributed by atoms with Crippen LogP contribution in [0.25, 0.3) is 0 Å². The standard InChI is InChI=1S/C20H39NO4/c1-6-7-8-9-10-11-12-13-14-15-24-19(22)18(4)21(5)20(23)25-16-17(2)3/h17-18H,6-16H2,1-5H3. The van der Waals surface area contributed by atoms with E-state index in [4.69, 9.17) is 9.47 Å². The summed E-state index contributed by atoms with van der Waals surface area (Å²) in [5.41, 5.74) is 0. The van der Waals surface area contributed by atoms with Gasteiger partial charge in [-0.25, -0.2) is 9.59 Å². The highest BCUT2D eigenvalue weighted by Crippen LogP contribution is 2.10. The molecule has 0 aliphatic rings. The average Bonchev–Trinajstić information content (AvgIpc) is 2.59. The molecule has 0 bridgehead atoms. The van der Waals surface area contributed by atoms with E-state index in [0.29, 0.717) is 13.2 Å². The summed E-state index contributed by atoms with van der Waals surface area (Å²) in [5.74, 6) is -0.102. The number of hydrogen-bond donors (Lipinski definition) is 0. The topological polar surface area (TPSA) is 55.8 Å². The zero-order chi connectivity index (χ0) is 19.1. The van der Waals surface area contributed by atoms with E-state index in [1.54, 1.807) is 14.0 Å². The number of carbonyl (C=O) groups is 2. The molecule has 5 nitrogen and oxygen atoms in total. The monoisotopic (exact) mass is 357 g/mol. The maximum absolute atomic E-state index is 12.0. The number of nitrogens with zero attached hydrogens (tertiary/aromatic N) is 1. The molecule has 0 aliphatic heterocycles. The predicted molar refractivity (Wildman–Crippen MR) is 102 cm³/mol. The van der Waals surface area contributed by atoms with Crippen LogP contribution in [0.15, 0.2) is 0 Å². The molecule has 0 radical (unpaired) electrons. The minimum atomic E-state index is -0.627. The molecule has 0 rings (SSSR count). The first-order valence-corrected chi connectivity index (χ1v) is 9.96. The summed E-state index contributed by atoms with van der Waals surface area (Å²) < 4.78 is 10.4. The highest BCUT2D eigenvalue weighted by atomic mass is 16.6. The molecule has 1 atom stereocenters. The van der Waals surface area contributed by atoms with E-state index in [2.05, 4.69) is 6.92 Å². The predicted octanol–water partition coefficient (Wildman–Crippen LogP) is 5.17. The molecule has 0 aliphatic carbocycles. The number of rotatable bonds is 14. The van der Waals surface area contributed by atoms with Crippen molar-refractivity contribution in [3.05, 3.63) is 0 Å². The van der Waals surface area contributed by atoms with E-state index in [-0.39, 0.29) is 11.9 Å². The lowest BCUT2D eigenvalue weighted by atomic mass is 10.1. The van der Waals surface area contributed by atoms with E-state index in [1.165, 1.54) is 49.8 Å². The van der Waals surface area contributed by atoms with Crippen LogP contribution in [0.4, 0.5) is 4.79 Å². The molecular formula is C20H39NO4. The molecule has 5 heteroatoms. The molecule has 0 fully saturated rings. The molecule has 0 aromatic heterocycles. The van der Waals surface area contributed by atoms with Crippen molar-refractivity contribution >= 4 is 12.1 Å². The lowest BCUT2D eigenvalue weighted by molar-refractivity contribution is -0.148. The van der Waals surface area contributed by atoms with Crippen LogP contribution < -0.4 is 0 Å². The molecule has 148 valence electrons. The first-order chi connectivity index (χ1) is 11.9. The van der Waals surface area contributed by atoms with Crippen LogP contribution >= 0.6 is 0 Å². The van der Waals surface area contributed by atoms with Crippen LogP contribution in [0.1, 0.15) is 85.5 Å². The van der Waals surface area contributed by atoms with Gasteiger partial charge in [0.1, 0.15) is 6.04 Å². The fourth-order valence-electron chi connectivity index (χ4n) is 2.36. The second-order valence-electron chi connectivity index (χ2n) is 7.25. The van der Waals surface area contributed by atoms with Gasteiger partial charge < -0.3 is 9.47 Å². The number of esters is 1. The van der Waals surface area contributed by atoms with E-state index in [0.717, 1.165) is 12.8 Å². The van der Waals surface area contributed by atoms with Crippen molar-refractivity contribution in [1.82, 2.24) is 4.90 Å². The number of hydrogen-bond acceptors (Lipinski definition) is 4. The third-order valence-corrected chi connectivity index (χ3v) is 4.24. The summed E-state index contributed by atoms with van der Waals surface area (Å²) >= 11 is 0. The van der Waals surface area contributed by atoms with Crippen LogP contribution in [-0.2, 0) is 14.3 Å². The first kappa shape index (κ1) is 23.7. The maximum Gasteiger partial charge on any atom is 0.410 e. The maximum atomic E-state index is 12.0. The number of carbonyl (C=O) groups excluding carboxylic acids is 2. The lowest BCUT2D eigenvalue weighted by Crippen LogP contribution is -2.42. The zero-order valence-corrected chi connectivity index (χ0v) is 17.0. The summed E-state index contributed by atoms with van der Waals surface area (Å²) in [6.45, 7) is 8.60. The quantitative estimate of drug-likeness (QED) is 0.318. The Labute approximate surface area is 154 Å². The second-order valence-corrected chi connectivity index (χ2v) is 7.25. The smallest absolute Gasteiger partial charge is 0.410 e. The Balaban J connectivity index is 3.71. The first-order valence-electron chi connectivity index (χ1n) is 9.96. The number of likely N-dealkylation sites (N-methyl/N-ethyl adjacent to an activating group) is 1.